The van der Waals surface area contributed by atoms with Gasteiger partial charge in [-0.15, -0.1) is 0 Å². The zero-order chi connectivity index (χ0) is 7.11. The molecule has 6 nitrogen and oxygen atoms in total. The second-order valence-corrected chi connectivity index (χ2v) is 0.368. The van der Waals surface area contributed by atoms with E-state index in [0.717, 1.165) is 0 Å². The number of hydrogen-bond donors (Lipinski definition) is 3. The van der Waals surface area contributed by atoms with Gasteiger partial charge in [0.05, 0.1) is 0 Å². The van der Waals surface area contributed by atoms with Gasteiger partial charge < -0.3 is 5.84 Å². The third kappa shape index (κ3) is 320. The van der Waals surface area contributed by atoms with Crippen LogP contribution in [-0.4, -0.2) is 0 Å². The Morgan fingerprint density at radius 1 is 1.07 bits per heavy atom. The van der Waals surface area contributed by atoms with E-state index in [1.807, 2.05) is 0 Å². The molecule has 0 saturated carbocycles. The van der Waals surface area contributed by atoms with Gasteiger partial charge in [0.25, 0.3) is 0 Å². The Morgan fingerprint density at radius 3 is 1.79 bits per heavy atom. The van der Waals surface area contributed by atoms with E-state index in [0.29, 0.717) is 0 Å². The van der Waals surface area contributed by atoms with Crippen molar-refractivity contribution < 1.29 is 4.24 Å². The van der Waals surface area contributed by atoms with E-state index < -0.39 is 0 Å². The Bertz CT molecular complexity index is 124. The summed E-state index contributed by atoms with van der Waals surface area (Å²) in [5.41, 5.74) is 2.65. The minimum absolute atomic E-state index is 0. The Morgan fingerprint density at radius 2 is 1.50 bits per heavy atom. The largest absolute Gasteiger partial charge is 0.303 e. The second-order valence-electron chi connectivity index (χ2n) is 0.368. The van der Waals surface area contributed by atoms with Crippen LogP contribution in [-0.2, 0) is 0 Å². The molecule has 0 spiro atoms. The average Bonchev–Trinajstić information content (AvgIpc) is 1.85. The predicted molar refractivity (Wildman–Crippen MR) is 71.2 cm³/mol. The Labute approximate surface area is 97.2 Å². The average molecular weight is 219 g/mol. The van der Waals surface area contributed by atoms with Crippen molar-refractivity contribution in [2.75, 3.05) is 0 Å². The summed E-state index contributed by atoms with van der Waals surface area (Å²) < 4.78 is 18.8. The summed E-state index contributed by atoms with van der Waals surface area (Å²) in [7, 11) is 0. The Balaban J connectivity index is -0.0000000114. The highest BCUT2D eigenvalue weighted by Crippen LogP contribution is 1.53. The van der Waals surface area contributed by atoms with E-state index in [4.69, 9.17) is 4.24 Å². The highest BCUT2D eigenvalue weighted by Gasteiger charge is 1.53. The third-order valence-electron chi connectivity index (χ3n) is 0.125. The standard InChI is InChI=1S/8CH4.H4N6/c;;;;;;;;1-3-5-6-4-2/h8*1H4;(H2,1,4,5)(H2,2,3,6)/i/hD3. The van der Waals surface area contributed by atoms with Crippen molar-refractivity contribution in [1.29, 1.82) is 5.52 Å². The molecule has 4 N–H and O–H groups in total. The van der Waals surface area contributed by atoms with Crippen molar-refractivity contribution in [2.45, 2.75) is 59.4 Å². The van der Waals surface area contributed by atoms with Gasteiger partial charge in [0, 0.05) is 0 Å². The molecule has 0 aromatic carbocycles. The Kier molecular flexibility index (Phi) is 483. The van der Waals surface area contributed by atoms with Crippen molar-refractivity contribution in [2.24, 2.45) is 21.5 Å². The molecule has 0 saturated heterocycles. The van der Waals surface area contributed by atoms with E-state index in [1.54, 1.807) is 5.84 Å². The molecule has 0 aliphatic rings. The van der Waals surface area contributed by atoms with Crippen LogP contribution in [0.5, 0.6) is 0 Å². The first-order chi connectivity index (χ1) is 4.31. The first-order valence-corrected chi connectivity index (χ1v) is 1.02. The summed E-state index contributed by atoms with van der Waals surface area (Å²) in [6, 6.07) is 0. The van der Waals surface area contributed by atoms with Gasteiger partial charge in [-0.3, -0.25) is 0 Å². The maximum atomic E-state index is 6.54. The SMILES string of the molecule is C.C.C.C.C.C.C.C.[2H]N=NN([2H])/N=N/N[2H]. The zero-order valence-electron chi connectivity index (χ0n) is 5.74. The molecule has 0 rings (SSSR count). The number of hydrogen-bond acceptors (Lipinski definition) is 4. The highest BCUT2D eigenvalue weighted by molar-refractivity contribution is 3.96. The lowest BCUT2D eigenvalue weighted by Crippen LogP contribution is -1.90. The van der Waals surface area contributed by atoms with E-state index in [-0.39, 0.29) is 64.9 Å². The molecule has 0 radical (unpaired) electrons. The number of nitrogens with one attached hydrogen (secondary N) is 2. The van der Waals surface area contributed by atoms with Crippen LogP contribution < -0.4 is 11.4 Å². The van der Waals surface area contributed by atoms with Crippen LogP contribution >= 0.6 is 0 Å². The van der Waals surface area contributed by atoms with Crippen molar-refractivity contribution in [3.63, 3.8) is 0 Å². The molecule has 98 valence electrons. The summed E-state index contributed by atoms with van der Waals surface area (Å²) in [6.45, 7) is 0. The molecule has 0 atom stereocenters. The molecular formula is C8H36N6. The molecule has 14 heavy (non-hydrogen) atoms. The second kappa shape index (κ2) is 176. The number of nitrogens with two attached hydrogens (primary N) is 1. The van der Waals surface area contributed by atoms with Crippen LogP contribution in [0.2, 0.25) is 4.24 Å². The van der Waals surface area contributed by atoms with Gasteiger partial charge in [0.2, 0.25) is 2.82 Å². The molecule has 0 heterocycles. The van der Waals surface area contributed by atoms with Crippen LogP contribution in [0.3, 0.4) is 0 Å². The maximum absolute atomic E-state index is 6.54. The molecule has 0 aliphatic heterocycles. The molecular weight excluding hydrogens is 180 g/mol. The van der Waals surface area contributed by atoms with Gasteiger partial charge in [0.15, 0.2) is 1.41 Å². The summed E-state index contributed by atoms with van der Waals surface area (Å²) in [5, 5.41) is 8.48. The fraction of sp³-hybridized carbons (Fsp3) is 1.00. The molecule has 0 amide bonds. The summed E-state index contributed by atoms with van der Waals surface area (Å²) in [5.74, 6) is 1.54. The zero-order valence-corrected chi connectivity index (χ0v) is 2.74. The summed E-state index contributed by atoms with van der Waals surface area (Å²) in [6.07, 6.45) is 0. The van der Waals surface area contributed by atoms with Crippen LogP contribution in [0.25, 0.3) is 0 Å². The minimum Gasteiger partial charge on any atom is -0.303 e. The van der Waals surface area contributed by atoms with Gasteiger partial charge in [-0.2, -0.15) is 11.1 Å². The lowest BCUT2D eigenvalue weighted by atomic mass is 12.0. The summed E-state index contributed by atoms with van der Waals surface area (Å²) >= 11 is 0. The van der Waals surface area contributed by atoms with Crippen molar-refractivity contribution in [3.05, 3.63) is 0 Å². The lowest BCUT2D eigenvalue weighted by Gasteiger charge is -1.73. The molecule has 0 aromatic heterocycles. The third-order valence-corrected chi connectivity index (χ3v) is 0.125. The first-order valence-electron chi connectivity index (χ1n) is 2.42. The molecule has 6 heteroatoms. The smallest absolute Gasteiger partial charge is 0.218 e. The molecule has 0 bridgehead atoms. The first kappa shape index (κ1) is 38.5. The molecule has 0 unspecified atom stereocenters. The fourth-order valence-electron chi connectivity index (χ4n) is 0.0379. The van der Waals surface area contributed by atoms with Crippen molar-refractivity contribution >= 4 is 0 Å². The van der Waals surface area contributed by atoms with E-state index in [9.17, 15) is 0 Å². The lowest BCUT2D eigenvalue weighted by molar-refractivity contribution is 0.661. The Hall–Kier alpha value is -1.20. The highest BCUT2D eigenvalue weighted by atomic mass is 15.6. The molecule has 0 aromatic rings. The van der Waals surface area contributed by atoms with Gasteiger partial charge >= 0.3 is 0 Å². The maximum Gasteiger partial charge on any atom is 0.218 e. The topological polar surface area (TPSA) is 99.0 Å². The fourth-order valence-corrected chi connectivity index (χ4v) is 0.0379. The molecule has 0 fully saturated rings. The predicted octanol–water partition coefficient (Wildman–Crippen LogP) is 4.85. The molecule has 0 aliphatic carbocycles. The van der Waals surface area contributed by atoms with Crippen LogP contribution in [0.4, 0.5) is 0 Å². The van der Waals surface area contributed by atoms with E-state index in [2.05, 4.69) is 21.2 Å². The van der Waals surface area contributed by atoms with Crippen molar-refractivity contribution in [1.82, 2.24) is 5.53 Å². The van der Waals surface area contributed by atoms with Crippen LogP contribution in [0.15, 0.2) is 15.7 Å². The quantitative estimate of drug-likeness (QED) is 0.359. The van der Waals surface area contributed by atoms with Gasteiger partial charge in [0.1, 0.15) is 0 Å². The monoisotopic (exact) mass is 219 g/mol. The minimum atomic E-state index is 0. The van der Waals surface area contributed by atoms with Gasteiger partial charge in [-0.25, -0.2) is 0 Å². The van der Waals surface area contributed by atoms with Gasteiger partial charge in [-0.05, 0) is 5.22 Å². The van der Waals surface area contributed by atoms with Crippen LogP contribution in [0.1, 0.15) is 59.4 Å². The van der Waals surface area contributed by atoms with Crippen molar-refractivity contribution in [3.8, 4) is 0 Å². The van der Waals surface area contributed by atoms with E-state index in [1.165, 1.54) is 0 Å². The van der Waals surface area contributed by atoms with Crippen LogP contribution in [0, 0.1) is 5.52 Å². The number of nitrogens with zero attached hydrogens (tertiary/aromatic N) is 3. The number of rotatable bonds is 3. The normalized spacial score (nSPS) is 7.29. The van der Waals surface area contributed by atoms with Gasteiger partial charge in [-0.1, -0.05) is 69.9 Å². The van der Waals surface area contributed by atoms with E-state index >= 15 is 0 Å². The summed E-state index contributed by atoms with van der Waals surface area (Å²) in [4.78, 5) is 0.